The molecular weight excluding hydrogens is 359 g/mol. The van der Waals surface area contributed by atoms with E-state index in [2.05, 4.69) is 0 Å². The van der Waals surface area contributed by atoms with Gasteiger partial charge in [0, 0.05) is 10.0 Å². The van der Waals surface area contributed by atoms with Crippen LogP contribution in [0.4, 0.5) is 0 Å². The Morgan fingerprint density at radius 2 is 1.60 bits per heavy atom. The minimum absolute atomic E-state index is 0.318. The number of hydrogen-bond acceptors (Lipinski definition) is 3. The van der Waals surface area contributed by atoms with Crippen LogP contribution in [0.2, 0.25) is 10.0 Å². The van der Waals surface area contributed by atoms with Gasteiger partial charge in [-0.25, -0.2) is 4.79 Å². The van der Waals surface area contributed by atoms with Gasteiger partial charge in [0.15, 0.2) is 0 Å². The first-order valence-electron chi connectivity index (χ1n) is 7.56. The second-order valence-corrected chi connectivity index (χ2v) is 6.13. The highest BCUT2D eigenvalue weighted by molar-refractivity contribution is 6.30. The van der Waals surface area contributed by atoms with Crippen molar-refractivity contribution in [1.82, 2.24) is 0 Å². The Morgan fingerprint density at radius 3 is 2.36 bits per heavy atom. The van der Waals surface area contributed by atoms with Gasteiger partial charge in [-0.15, -0.1) is 0 Å². The van der Waals surface area contributed by atoms with Crippen molar-refractivity contribution in [3.8, 4) is 11.5 Å². The molecule has 0 aromatic heterocycles. The third-order valence-electron chi connectivity index (χ3n) is 3.42. The van der Waals surface area contributed by atoms with E-state index in [9.17, 15) is 4.79 Å². The first kappa shape index (κ1) is 17.3. The number of para-hydroxylation sites is 1. The molecule has 3 aromatic rings. The van der Waals surface area contributed by atoms with Gasteiger partial charge in [0.25, 0.3) is 0 Å². The normalized spacial score (nSPS) is 10.3. The first-order chi connectivity index (χ1) is 12.1. The molecule has 0 radical (unpaired) electrons. The molecule has 0 N–H and O–H groups in total. The lowest BCUT2D eigenvalue weighted by atomic mass is 10.2. The summed E-state index contributed by atoms with van der Waals surface area (Å²) >= 11 is 11.8. The summed E-state index contributed by atoms with van der Waals surface area (Å²) in [5, 5.41) is 1.16. The zero-order valence-corrected chi connectivity index (χ0v) is 14.6. The fourth-order valence-electron chi connectivity index (χ4n) is 2.20. The molecule has 0 saturated heterocycles. The average Bonchev–Trinajstić information content (AvgIpc) is 2.61. The van der Waals surface area contributed by atoms with Crippen molar-refractivity contribution in [3.63, 3.8) is 0 Å². The van der Waals surface area contributed by atoms with E-state index < -0.39 is 5.97 Å². The quantitative estimate of drug-likeness (QED) is 0.419. The summed E-state index contributed by atoms with van der Waals surface area (Å²) < 4.78 is 11.1. The van der Waals surface area contributed by atoms with Gasteiger partial charge >= 0.3 is 5.97 Å². The van der Waals surface area contributed by atoms with Gasteiger partial charge in [-0.1, -0.05) is 53.5 Å². The second-order valence-electron chi connectivity index (χ2n) is 5.26. The minimum Gasteiger partial charge on any atom is -0.488 e. The van der Waals surface area contributed by atoms with Crippen LogP contribution in [-0.2, 0) is 6.61 Å². The highest BCUT2D eigenvalue weighted by atomic mass is 35.5. The van der Waals surface area contributed by atoms with Crippen LogP contribution in [0.3, 0.4) is 0 Å². The maximum absolute atomic E-state index is 12.4. The van der Waals surface area contributed by atoms with Crippen LogP contribution >= 0.6 is 23.2 Å². The largest absolute Gasteiger partial charge is 0.488 e. The molecule has 3 rings (SSSR count). The highest BCUT2D eigenvalue weighted by Gasteiger charge is 2.15. The lowest BCUT2D eigenvalue weighted by molar-refractivity contribution is 0.0730. The summed E-state index contributed by atoms with van der Waals surface area (Å²) in [6.07, 6.45) is 0. The van der Waals surface area contributed by atoms with Crippen LogP contribution in [0.1, 0.15) is 15.9 Å². The van der Waals surface area contributed by atoms with Crippen LogP contribution in [-0.4, -0.2) is 5.97 Å². The molecule has 0 aliphatic rings. The maximum Gasteiger partial charge on any atom is 0.347 e. The molecule has 0 aliphatic heterocycles. The number of carbonyl (C=O) groups excluding carboxylic acids is 1. The highest BCUT2D eigenvalue weighted by Crippen LogP contribution is 2.23. The van der Waals surface area contributed by atoms with Crippen molar-refractivity contribution < 1.29 is 14.3 Å². The molecule has 0 aliphatic carbocycles. The molecule has 0 heterocycles. The molecule has 3 aromatic carbocycles. The Morgan fingerprint density at radius 1 is 0.840 bits per heavy atom. The molecule has 0 fully saturated rings. The van der Waals surface area contributed by atoms with Crippen molar-refractivity contribution >= 4 is 29.2 Å². The monoisotopic (exact) mass is 372 g/mol. The van der Waals surface area contributed by atoms with E-state index in [0.717, 1.165) is 5.56 Å². The SMILES string of the molecule is O=C(Oc1cccc(Cl)c1)c1ccccc1OCc1ccc(Cl)cc1. The fourth-order valence-corrected chi connectivity index (χ4v) is 2.50. The third kappa shape index (κ3) is 4.75. The van der Waals surface area contributed by atoms with E-state index in [1.54, 1.807) is 60.7 Å². The number of rotatable bonds is 5. The summed E-state index contributed by atoms with van der Waals surface area (Å²) in [4.78, 5) is 12.4. The van der Waals surface area contributed by atoms with Crippen LogP contribution in [0.25, 0.3) is 0 Å². The van der Waals surface area contributed by atoms with E-state index in [4.69, 9.17) is 32.7 Å². The van der Waals surface area contributed by atoms with Gasteiger partial charge in [-0.05, 0) is 48.0 Å². The zero-order valence-electron chi connectivity index (χ0n) is 13.1. The van der Waals surface area contributed by atoms with Crippen molar-refractivity contribution in [2.24, 2.45) is 0 Å². The van der Waals surface area contributed by atoms with Crippen molar-refractivity contribution in [3.05, 3.63) is 94.0 Å². The average molecular weight is 373 g/mol. The molecule has 25 heavy (non-hydrogen) atoms. The number of halogens is 2. The van der Waals surface area contributed by atoms with Gasteiger partial charge in [0.1, 0.15) is 23.7 Å². The summed E-state index contributed by atoms with van der Waals surface area (Å²) in [6, 6.07) is 20.9. The smallest absolute Gasteiger partial charge is 0.347 e. The van der Waals surface area contributed by atoms with Gasteiger partial charge < -0.3 is 9.47 Å². The Bertz CT molecular complexity index is 876. The lowest BCUT2D eigenvalue weighted by Crippen LogP contribution is -2.11. The summed E-state index contributed by atoms with van der Waals surface area (Å²) in [5.41, 5.74) is 1.29. The summed E-state index contributed by atoms with van der Waals surface area (Å²) in [7, 11) is 0. The maximum atomic E-state index is 12.4. The molecule has 0 unspecified atom stereocenters. The van der Waals surface area contributed by atoms with E-state index in [0.29, 0.717) is 33.7 Å². The molecule has 3 nitrogen and oxygen atoms in total. The summed E-state index contributed by atoms with van der Waals surface area (Å²) in [5.74, 6) is 0.323. The number of esters is 1. The Balaban J connectivity index is 1.73. The topological polar surface area (TPSA) is 35.5 Å². The van der Waals surface area contributed by atoms with Crippen LogP contribution in [0.15, 0.2) is 72.8 Å². The molecule has 0 atom stereocenters. The van der Waals surface area contributed by atoms with E-state index in [1.807, 2.05) is 12.1 Å². The van der Waals surface area contributed by atoms with Crippen molar-refractivity contribution in [2.75, 3.05) is 0 Å². The zero-order chi connectivity index (χ0) is 17.6. The van der Waals surface area contributed by atoms with Crippen LogP contribution < -0.4 is 9.47 Å². The molecule has 5 heteroatoms. The number of benzene rings is 3. The van der Waals surface area contributed by atoms with E-state index in [-0.39, 0.29) is 0 Å². The number of hydrogen-bond donors (Lipinski definition) is 0. The Labute approximate surface area is 155 Å². The van der Waals surface area contributed by atoms with E-state index >= 15 is 0 Å². The Hall–Kier alpha value is -2.49. The molecule has 0 spiro atoms. The third-order valence-corrected chi connectivity index (χ3v) is 3.91. The van der Waals surface area contributed by atoms with Crippen LogP contribution in [0, 0.1) is 0 Å². The molecule has 126 valence electrons. The van der Waals surface area contributed by atoms with Gasteiger partial charge in [0.05, 0.1) is 0 Å². The Kier molecular flexibility index (Phi) is 5.59. The van der Waals surface area contributed by atoms with Gasteiger partial charge in [-0.3, -0.25) is 0 Å². The predicted molar refractivity (Wildman–Crippen MR) is 98.6 cm³/mol. The molecular formula is C20H14Cl2O3. The van der Waals surface area contributed by atoms with Gasteiger partial charge in [-0.2, -0.15) is 0 Å². The van der Waals surface area contributed by atoms with Crippen LogP contribution in [0.5, 0.6) is 11.5 Å². The standard InChI is InChI=1S/C20H14Cl2O3/c21-15-10-8-14(9-11-15)13-24-19-7-2-1-6-18(19)20(23)25-17-5-3-4-16(22)12-17/h1-12H,13H2. The fraction of sp³-hybridized carbons (Fsp3) is 0.0500. The first-order valence-corrected chi connectivity index (χ1v) is 8.31. The number of ether oxygens (including phenoxy) is 2. The lowest BCUT2D eigenvalue weighted by Gasteiger charge is -2.11. The molecule has 0 amide bonds. The predicted octanol–water partition coefficient (Wildman–Crippen LogP) is 5.79. The van der Waals surface area contributed by atoms with Crippen molar-refractivity contribution in [2.45, 2.75) is 6.61 Å². The number of carbonyl (C=O) groups is 1. The molecule has 0 bridgehead atoms. The van der Waals surface area contributed by atoms with Gasteiger partial charge in [0.2, 0.25) is 0 Å². The second kappa shape index (κ2) is 8.06. The van der Waals surface area contributed by atoms with Crippen molar-refractivity contribution in [1.29, 1.82) is 0 Å². The summed E-state index contributed by atoms with van der Waals surface area (Å²) in [6.45, 7) is 0.318. The minimum atomic E-state index is -0.506. The van der Waals surface area contributed by atoms with E-state index in [1.165, 1.54) is 0 Å². The molecule has 0 saturated carbocycles.